The maximum Gasteiger partial charge on any atom is 0.363 e. The van der Waals surface area contributed by atoms with Gasteiger partial charge in [0.2, 0.25) is 0 Å². The first-order chi connectivity index (χ1) is 5.75. The van der Waals surface area contributed by atoms with Gasteiger partial charge in [-0.1, -0.05) is 5.06 Å². The van der Waals surface area contributed by atoms with Crippen molar-refractivity contribution in [2.45, 2.75) is 6.04 Å². The largest absolute Gasteiger partial charge is 0.363 e. The molecule has 1 unspecified atom stereocenters. The lowest BCUT2D eigenvalue weighted by Crippen LogP contribution is -2.59. The number of carbonyl (C=O) groups is 2. The van der Waals surface area contributed by atoms with Gasteiger partial charge < -0.3 is 4.84 Å². The maximum atomic E-state index is 11.2. The molecule has 0 spiro atoms. The molecule has 1 N–H and O–H groups in total. The second-order valence-electron chi connectivity index (χ2n) is 2.47. The lowest BCUT2D eigenvalue weighted by Gasteiger charge is -2.26. The lowest BCUT2D eigenvalue weighted by molar-refractivity contribution is -0.152. The molecule has 3 heterocycles. The highest BCUT2D eigenvalue weighted by Crippen LogP contribution is 2.20. The smallest absolute Gasteiger partial charge is 0.326 e. The van der Waals surface area contributed by atoms with Crippen molar-refractivity contribution in [1.29, 1.82) is 0 Å². The fraction of sp³-hybridized carbons (Fsp3) is 0.200. The second kappa shape index (κ2) is 1.47. The molecule has 7 nitrogen and oxygen atoms in total. The van der Waals surface area contributed by atoms with Crippen molar-refractivity contribution in [3.05, 3.63) is 0 Å². The van der Waals surface area contributed by atoms with Gasteiger partial charge in [-0.15, -0.1) is 0 Å². The summed E-state index contributed by atoms with van der Waals surface area (Å²) in [6.07, 6.45) is 0. The van der Waals surface area contributed by atoms with Crippen LogP contribution in [-0.4, -0.2) is 34.9 Å². The van der Waals surface area contributed by atoms with Gasteiger partial charge in [0.05, 0.1) is 0 Å². The Morgan fingerprint density at radius 3 is 3.17 bits per heavy atom. The van der Waals surface area contributed by atoms with E-state index in [1.807, 2.05) is 0 Å². The van der Waals surface area contributed by atoms with Crippen molar-refractivity contribution in [2.75, 3.05) is 0 Å². The maximum absolute atomic E-state index is 11.2. The molecule has 7 heteroatoms. The number of nitrogens with one attached hydrogen (secondary N) is 1. The molecule has 0 aromatic heterocycles. The van der Waals surface area contributed by atoms with Crippen LogP contribution < -0.4 is 5.32 Å². The molecule has 3 aliphatic heterocycles. The van der Waals surface area contributed by atoms with E-state index < -0.39 is 18.0 Å². The molecule has 3 amide bonds. The minimum Gasteiger partial charge on any atom is -0.326 e. The van der Waals surface area contributed by atoms with Crippen LogP contribution in [0.2, 0.25) is 0 Å². The molecule has 60 valence electrons. The van der Waals surface area contributed by atoms with Crippen LogP contribution in [0, 0.1) is 0 Å². The number of hydrogen-bond donors (Lipinski definition) is 1. The summed E-state index contributed by atoms with van der Waals surface area (Å²) in [5, 5.41) is 3.01. The summed E-state index contributed by atoms with van der Waals surface area (Å²) in [6.45, 7) is 0. The monoisotopic (exact) mass is 166 g/mol. The highest BCUT2D eigenvalue weighted by molar-refractivity contribution is 6.26. The van der Waals surface area contributed by atoms with Crippen molar-refractivity contribution in [1.82, 2.24) is 10.4 Å². The Morgan fingerprint density at radius 1 is 1.50 bits per heavy atom. The van der Waals surface area contributed by atoms with Gasteiger partial charge in [0, 0.05) is 0 Å². The van der Waals surface area contributed by atoms with Crippen LogP contribution in [0.25, 0.3) is 0 Å². The molecule has 1 fully saturated rings. The third-order valence-corrected chi connectivity index (χ3v) is 1.74. The van der Waals surface area contributed by atoms with Crippen molar-refractivity contribution >= 4 is 23.8 Å². The Morgan fingerprint density at radius 2 is 2.33 bits per heavy atom. The quantitative estimate of drug-likeness (QED) is 0.481. The number of hydrogen-bond acceptors (Lipinski definition) is 5. The Labute approximate surface area is 65.7 Å². The van der Waals surface area contributed by atoms with Crippen molar-refractivity contribution in [2.24, 2.45) is 9.98 Å². The normalized spacial score (nSPS) is 29.7. The molecule has 1 saturated heterocycles. The van der Waals surface area contributed by atoms with Gasteiger partial charge in [0.15, 0.2) is 11.9 Å². The number of rotatable bonds is 0. The van der Waals surface area contributed by atoms with E-state index in [1.54, 1.807) is 0 Å². The summed E-state index contributed by atoms with van der Waals surface area (Å²) in [7, 11) is 0. The van der Waals surface area contributed by atoms with Gasteiger partial charge in [-0.2, -0.15) is 4.99 Å². The summed E-state index contributed by atoms with van der Waals surface area (Å²) in [4.78, 5) is 34.5. The molecule has 0 aromatic carbocycles. The van der Waals surface area contributed by atoms with Gasteiger partial charge in [-0.25, -0.2) is 9.79 Å². The lowest BCUT2D eigenvalue weighted by atomic mass is 10.2. The van der Waals surface area contributed by atoms with E-state index >= 15 is 0 Å². The highest BCUT2D eigenvalue weighted by Gasteiger charge is 2.48. The van der Waals surface area contributed by atoms with E-state index in [0.29, 0.717) is 5.06 Å². The molecular formula is C5H2N4O3. The number of amidine groups is 2. The van der Waals surface area contributed by atoms with Gasteiger partial charge in [-0.05, 0) is 0 Å². The molecular weight excluding hydrogens is 164 g/mol. The molecule has 0 radical (unpaired) electrons. The molecule has 0 aliphatic carbocycles. The van der Waals surface area contributed by atoms with Crippen molar-refractivity contribution in [3.8, 4) is 0 Å². The Kier molecular flexibility index (Phi) is 0.698. The van der Waals surface area contributed by atoms with Crippen LogP contribution in [0.3, 0.4) is 0 Å². The summed E-state index contributed by atoms with van der Waals surface area (Å²) < 4.78 is 0. The SMILES string of the molecule is O=C1NC2=NC3=NC2C(=O)N1O3. The summed E-state index contributed by atoms with van der Waals surface area (Å²) in [6, 6.07) is -1.24. The van der Waals surface area contributed by atoms with E-state index in [0.717, 1.165) is 0 Å². The topological polar surface area (TPSA) is 83.4 Å². The summed E-state index contributed by atoms with van der Waals surface area (Å²) in [5.74, 6) is -0.229. The zero-order valence-corrected chi connectivity index (χ0v) is 5.64. The Hall–Kier alpha value is -1.92. The summed E-state index contributed by atoms with van der Waals surface area (Å²) in [5.41, 5.74) is 0. The number of urea groups is 1. The Bertz CT molecular complexity index is 371. The average molecular weight is 166 g/mol. The zero-order chi connectivity index (χ0) is 8.29. The first-order valence-corrected chi connectivity index (χ1v) is 3.25. The number of fused-ring (bicyclic) bond motifs is 1. The third kappa shape index (κ3) is 0.448. The number of aliphatic imine (C=N–C) groups is 2. The standard InChI is InChI=1S/C5H2N4O3/c10-3-1-2-7-4(6-1)12-9(3)5(11)8-2/h1H,(H,6,7,8,11). The molecule has 3 aliphatic rings. The number of nitrogens with zero attached hydrogens (tertiary/aromatic N) is 3. The summed E-state index contributed by atoms with van der Waals surface area (Å²) >= 11 is 0. The van der Waals surface area contributed by atoms with Crippen LogP contribution in [0.5, 0.6) is 0 Å². The molecule has 0 aromatic rings. The highest BCUT2D eigenvalue weighted by atomic mass is 16.7. The van der Waals surface area contributed by atoms with Crippen LogP contribution in [0.4, 0.5) is 4.79 Å². The average Bonchev–Trinajstić information content (AvgIpc) is 2.27. The van der Waals surface area contributed by atoms with Crippen molar-refractivity contribution < 1.29 is 14.4 Å². The number of imide groups is 1. The molecule has 0 saturated carbocycles. The van der Waals surface area contributed by atoms with Gasteiger partial charge >= 0.3 is 12.1 Å². The fourth-order valence-corrected chi connectivity index (χ4v) is 1.22. The van der Waals surface area contributed by atoms with E-state index in [2.05, 4.69) is 15.3 Å². The molecule has 1 atom stereocenters. The predicted molar refractivity (Wildman–Crippen MR) is 35.1 cm³/mol. The van der Waals surface area contributed by atoms with Gasteiger partial charge in [-0.3, -0.25) is 10.1 Å². The second-order valence-corrected chi connectivity index (χ2v) is 2.47. The number of carbonyl (C=O) groups excluding carboxylic acids is 2. The predicted octanol–water partition coefficient (Wildman–Crippen LogP) is -1.38. The number of amides is 3. The van der Waals surface area contributed by atoms with Crippen molar-refractivity contribution in [3.63, 3.8) is 0 Å². The third-order valence-electron chi connectivity index (χ3n) is 1.74. The zero-order valence-electron chi connectivity index (χ0n) is 5.64. The van der Waals surface area contributed by atoms with Crippen LogP contribution in [-0.2, 0) is 9.63 Å². The minimum absolute atomic E-state index is 0.0629. The molecule has 3 bridgehead atoms. The minimum atomic E-state index is -0.688. The van der Waals surface area contributed by atoms with Crippen LogP contribution in [0.1, 0.15) is 0 Å². The number of hydroxylamine groups is 2. The van der Waals surface area contributed by atoms with Crippen LogP contribution in [0.15, 0.2) is 9.98 Å². The van der Waals surface area contributed by atoms with Gasteiger partial charge in [0.1, 0.15) is 0 Å². The first-order valence-electron chi connectivity index (χ1n) is 3.25. The van der Waals surface area contributed by atoms with Crippen LogP contribution >= 0.6 is 0 Å². The van der Waals surface area contributed by atoms with E-state index in [4.69, 9.17) is 4.84 Å². The Balaban J connectivity index is 2.22. The molecule has 3 rings (SSSR count). The fourth-order valence-electron chi connectivity index (χ4n) is 1.22. The van der Waals surface area contributed by atoms with E-state index in [1.165, 1.54) is 0 Å². The van der Waals surface area contributed by atoms with E-state index in [9.17, 15) is 9.59 Å². The van der Waals surface area contributed by atoms with E-state index in [-0.39, 0.29) is 11.9 Å². The first kappa shape index (κ1) is 5.70. The van der Waals surface area contributed by atoms with Gasteiger partial charge in [0.25, 0.3) is 5.91 Å². The molecule has 12 heavy (non-hydrogen) atoms.